The summed E-state index contributed by atoms with van der Waals surface area (Å²) in [4.78, 5) is 10.7. The van der Waals surface area contributed by atoms with Crippen LogP contribution in [0.3, 0.4) is 0 Å². The van der Waals surface area contributed by atoms with Crippen LogP contribution in [0.15, 0.2) is 45.3 Å². The van der Waals surface area contributed by atoms with Gasteiger partial charge in [0, 0.05) is 10.5 Å². The lowest BCUT2D eigenvalue weighted by Gasteiger charge is -2.13. The molecule has 5 heteroatoms. The largest absolute Gasteiger partial charge is 0.475 e. The van der Waals surface area contributed by atoms with E-state index in [0.29, 0.717) is 12.3 Å². The van der Waals surface area contributed by atoms with E-state index < -0.39 is 5.97 Å². The molecule has 2 N–H and O–H groups in total. The molecule has 2 rings (SSSR count). The van der Waals surface area contributed by atoms with Crippen LogP contribution in [0.25, 0.3) is 0 Å². The average Bonchev–Trinajstić information content (AvgIpc) is 2.85. The highest BCUT2D eigenvalue weighted by Crippen LogP contribution is 2.18. The first-order valence-corrected chi connectivity index (χ1v) is 6.66. The molecule has 0 bridgehead atoms. The number of aromatic carboxylic acids is 1. The summed E-state index contributed by atoms with van der Waals surface area (Å²) in [6.45, 7) is 2.53. The first-order valence-electron chi connectivity index (χ1n) is 5.87. The minimum absolute atomic E-state index is 0.0353. The maximum atomic E-state index is 10.7. The molecule has 0 aliphatic carbocycles. The van der Waals surface area contributed by atoms with E-state index >= 15 is 0 Å². The smallest absolute Gasteiger partial charge is 0.371 e. The second-order valence-electron chi connectivity index (χ2n) is 4.23. The minimum atomic E-state index is -1.05. The molecule has 0 saturated carbocycles. The third-order valence-corrected chi connectivity index (χ3v) is 3.30. The van der Waals surface area contributed by atoms with Gasteiger partial charge in [-0.05, 0) is 36.8 Å². The van der Waals surface area contributed by atoms with Gasteiger partial charge in [0.1, 0.15) is 5.76 Å². The van der Waals surface area contributed by atoms with Crippen LogP contribution in [0.5, 0.6) is 0 Å². The summed E-state index contributed by atoms with van der Waals surface area (Å²) in [6.07, 6.45) is 0. The molecule has 2 aromatic rings. The predicted octanol–water partition coefficient (Wildman–Crippen LogP) is 3.59. The van der Waals surface area contributed by atoms with Crippen LogP contribution < -0.4 is 5.32 Å². The molecule has 1 heterocycles. The van der Waals surface area contributed by atoms with E-state index in [9.17, 15) is 4.79 Å². The lowest BCUT2D eigenvalue weighted by molar-refractivity contribution is 0.0660. The highest BCUT2D eigenvalue weighted by Gasteiger charge is 2.10. The third-order valence-electron chi connectivity index (χ3n) is 2.80. The van der Waals surface area contributed by atoms with Crippen molar-refractivity contribution in [3.05, 3.63) is 58.0 Å². The number of benzene rings is 1. The van der Waals surface area contributed by atoms with Crippen molar-refractivity contribution >= 4 is 21.9 Å². The zero-order chi connectivity index (χ0) is 13.8. The quantitative estimate of drug-likeness (QED) is 0.882. The van der Waals surface area contributed by atoms with E-state index in [4.69, 9.17) is 9.52 Å². The molecule has 0 aliphatic heterocycles. The lowest BCUT2D eigenvalue weighted by atomic mass is 10.1. The molecule has 0 radical (unpaired) electrons. The molecule has 1 aromatic heterocycles. The summed E-state index contributed by atoms with van der Waals surface area (Å²) in [7, 11) is 0. The van der Waals surface area contributed by atoms with Gasteiger partial charge >= 0.3 is 5.97 Å². The molecule has 19 heavy (non-hydrogen) atoms. The SMILES string of the molecule is C[C@H](NCc1ccc(C(=O)O)o1)c1cccc(Br)c1. The van der Waals surface area contributed by atoms with Gasteiger partial charge in [-0.3, -0.25) is 0 Å². The van der Waals surface area contributed by atoms with Gasteiger partial charge in [-0.1, -0.05) is 28.1 Å². The Balaban J connectivity index is 1.96. The van der Waals surface area contributed by atoms with Gasteiger partial charge in [0.15, 0.2) is 0 Å². The number of halogens is 1. The Hall–Kier alpha value is -1.59. The highest BCUT2D eigenvalue weighted by molar-refractivity contribution is 9.10. The van der Waals surface area contributed by atoms with Crippen molar-refractivity contribution in [3.63, 3.8) is 0 Å². The van der Waals surface area contributed by atoms with Crippen LogP contribution in [-0.4, -0.2) is 11.1 Å². The van der Waals surface area contributed by atoms with Crippen molar-refractivity contribution < 1.29 is 14.3 Å². The van der Waals surface area contributed by atoms with Gasteiger partial charge < -0.3 is 14.8 Å². The van der Waals surface area contributed by atoms with Crippen molar-refractivity contribution in [2.45, 2.75) is 19.5 Å². The van der Waals surface area contributed by atoms with E-state index in [2.05, 4.69) is 21.2 Å². The van der Waals surface area contributed by atoms with E-state index in [1.54, 1.807) is 6.07 Å². The molecule has 1 aromatic carbocycles. The Morgan fingerprint density at radius 3 is 2.84 bits per heavy atom. The van der Waals surface area contributed by atoms with Crippen LogP contribution >= 0.6 is 15.9 Å². The number of hydrogen-bond donors (Lipinski definition) is 2. The van der Waals surface area contributed by atoms with Crippen molar-refractivity contribution in [1.82, 2.24) is 5.32 Å². The van der Waals surface area contributed by atoms with E-state index in [1.165, 1.54) is 6.07 Å². The number of carboxylic acids is 1. The first-order chi connectivity index (χ1) is 9.06. The molecular weight excluding hydrogens is 310 g/mol. The van der Waals surface area contributed by atoms with Crippen LogP contribution in [0, 0.1) is 0 Å². The van der Waals surface area contributed by atoms with E-state index in [-0.39, 0.29) is 11.8 Å². The fourth-order valence-electron chi connectivity index (χ4n) is 1.74. The van der Waals surface area contributed by atoms with Crippen molar-refractivity contribution in [3.8, 4) is 0 Å². The Morgan fingerprint density at radius 2 is 2.21 bits per heavy atom. The fourth-order valence-corrected chi connectivity index (χ4v) is 2.15. The Kier molecular flexibility index (Phi) is 4.39. The van der Waals surface area contributed by atoms with Crippen molar-refractivity contribution in [1.29, 1.82) is 0 Å². The average molecular weight is 324 g/mol. The van der Waals surface area contributed by atoms with Crippen LogP contribution in [0.1, 0.15) is 34.8 Å². The van der Waals surface area contributed by atoms with Crippen LogP contribution in [-0.2, 0) is 6.54 Å². The van der Waals surface area contributed by atoms with E-state index in [0.717, 1.165) is 10.0 Å². The Morgan fingerprint density at radius 1 is 1.42 bits per heavy atom. The molecule has 100 valence electrons. The number of nitrogens with one attached hydrogen (secondary N) is 1. The van der Waals surface area contributed by atoms with E-state index in [1.807, 2.05) is 31.2 Å². The van der Waals surface area contributed by atoms with Crippen LogP contribution in [0.2, 0.25) is 0 Å². The Labute approximate surface area is 119 Å². The minimum Gasteiger partial charge on any atom is -0.475 e. The first kappa shape index (κ1) is 13.8. The van der Waals surface area contributed by atoms with Gasteiger partial charge in [0.25, 0.3) is 0 Å². The van der Waals surface area contributed by atoms with Crippen molar-refractivity contribution in [2.24, 2.45) is 0 Å². The van der Waals surface area contributed by atoms with Gasteiger partial charge in [0.05, 0.1) is 6.54 Å². The summed E-state index contributed by atoms with van der Waals surface area (Å²) in [5.41, 5.74) is 1.15. The molecular formula is C14H14BrNO3. The standard InChI is InChI=1S/C14H14BrNO3/c1-9(10-3-2-4-11(15)7-10)16-8-12-5-6-13(19-12)14(17)18/h2-7,9,16H,8H2,1H3,(H,17,18)/t9-/m0/s1. The number of rotatable bonds is 5. The summed E-state index contributed by atoms with van der Waals surface area (Å²) < 4.78 is 6.22. The summed E-state index contributed by atoms with van der Waals surface area (Å²) in [6, 6.07) is 11.3. The second kappa shape index (κ2) is 6.04. The normalized spacial score (nSPS) is 12.3. The molecule has 0 fully saturated rings. The lowest BCUT2D eigenvalue weighted by Crippen LogP contribution is -2.17. The zero-order valence-corrected chi connectivity index (χ0v) is 12.0. The van der Waals surface area contributed by atoms with Gasteiger partial charge in [-0.15, -0.1) is 0 Å². The maximum absolute atomic E-state index is 10.7. The fraction of sp³-hybridized carbons (Fsp3) is 0.214. The Bertz CT molecular complexity index is 580. The monoisotopic (exact) mass is 323 g/mol. The van der Waals surface area contributed by atoms with Crippen LogP contribution in [0.4, 0.5) is 0 Å². The summed E-state index contributed by atoms with van der Waals surface area (Å²) in [5.74, 6) is -0.475. The second-order valence-corrected chi connectivity index (χ2v) is 5.14. The maximum Gasteiger partial charge on any atom is 0.371 e. The molecule has 0 aliphatic rings. The molecule has 0 unspecified atom stereocenters. The summed E-state index contributed by atoms with van der Waals surface area (Å²) >= 11 is 3.43. The molecule has 0 spiro atoms. The highest BCUT2D eigenvalue weighted by atomic mass is 79.9. The number of carboxylic acid groups (broad SMARTS) is 1. The van der Waals surface area contributed by atoms with Gasteiger partial charge in [-0.25, -0.2) is 4.79 Å². The topological polar surface area (TPSA) is 62.5 Å². The summed E-state index contributed by atoms with van der Waals surface area (Å²) in [5, 5.41) is 12.1. The molecule has 0 saturated heterocycles. The molecule has 1 atom stereocenters. The van der Waals surface area contributed by atoms with Gasteiger partial charge in [-0.2, -0.15) is 0 Å². The van der Waals surface area contributed by atoms with Gasteiger partial charge in [0.2, 0.25) is 5.76 Å². The third kappa shape index (κ3) is 3.68. The number of furan rings is 1. The molecule has 4 nitrogen and oxygen atoms in total. The predicted molar refractivity (Wildman–Crippen MR) is 75.1 cm³/mol. The molecule has 0 amide bonds. The number of hydrogen-bond acceptors (Lipinski definition) is 3. The number of carbonyl (C=O) groups is 1. The van der Waals surface area contributed by atoms with Crippen molar-refractivity contribution in [2.75, 3.05) is 0 Å². The zero-order valence-electron chi connectivity index (χ0n) is 10.4.